The summed E-state index contributed by atoms with van der Waals surface area (Å²) in [6.07, 6.45) is 3.23. The highest BCUT2D eigenvalue weighted by atomic mass is 32.3. The van der Waals surface area contributed by atoms with E-state index in [1.165, 1.54) is 12.1 Å². The number of hydrogen-bond donors (Lipinski definition) is 2. The maximum absolute atomic E-state index is 10.8. The van der Waals surface area contributed by atoms with Crippen LogP contribution in [0.2, 0.25) is 0 Å². The van der Waals surface area contributed by atoms with E-state index >= 15 is 0 Å². The molecule has 0 unspecified atom stereocenters. The predicted molar refractivity (Wildman–Crippen MR) is 77.9 cm³/mol. The van der Waals surface area contributed by atoms with E-state index in [1.807, 2.05) is 0 Å². The highest BCUT2D eigenvalue weighted by Crippen LogP contribution is 2.15. The van der Waals surface area contributed by atoms with Crippen molar-refractivity contribution in [3.63, 3.8) is 0 Å². The van der Waals surface area contributed by atoms with Gasteiger partial charge in [-0.25, -0.2) is 4.18 Å². The molecule has 0 saturated carbocycles. The zero-order valence-electron chi connectivity index (χ0n) is 11.0. The van der Waals surface area contributed by atoms with Crippen molar-refractivity contribution in [3.8, 4) is 0 Å². The third-order valence-corrected chi connectivity index (χ3v) is 3.34. The smallest absolute Gasteiger partial charge is 0.282 e. The lowest BCUT2D eigenvalue weighted by Gasteiger charge is -2.02. The molecule has 0 aliphatic carbocycles. The van der Waals surface area contributed by atoms with Crippen molar-refractivity contribution in [1.82, 2.24) is 0 Å². The second kappa shape index (κ2) is 8.70. The predicted octanol–water partition coefficient (Wildman–Crippen LogP) is 1.65. The van der Waals surface area contributed by atoms with Crippen molar-refractivity contribution < 1.29 is 30.1 Å². The molecule has 0 aliphatic rings. The van der Waals surface area contributed by atoms with E-state index in [1.54, 1.807) is 24.3 Å². The highest BCUT2D eigenvalue weighted by molar-refractivity contribution is 7.85. The van der Waals surface area contributed by atoms with Crippen LogP contribution in [0.5, 0.6) is 0 Å². The Morgan fingerprint density at radius 1 is 1.05 bits per heavy atom. The van der Waals surface area contributed by atoms with Crippen molar-refractivity contribution in [2.75, 3.05) is 6.61 Å². The molecule has 1 aromatic rings. The van der Waals surface area contributed by atoms with Gasteiger partial charge in [0.05, 0.1) is 11.5 Å². The molecule has 0 saturated heterocycles. The van der Waals surface area contributed by atoms with Gasteiger partial charge < -0.3 is 0 Å². The van der Waals surface area contributed by atoms with Gasteiger partial charge in [0.15, 0.2) is 0 Å². The summed E-state index contributed by atoms with van der Waals surface area (Å²) in [7, 11) is -8.36. The van der Waals surface area contributed by atoms with Crippen LogP contribution in [-0.2, 0) is 31.1 Å². The van der Waals surface area contributed by atoms with E-state index in [2.05, 4.69) is 17.3 Å². The van der Waals surface area contributed by atoms with Crippen LogP contribution < -0.4 is 0 Å². The fourth-order valence-corrected chi connectivity index (χ4v) is 2.22. The van der Waals surface area contributed by atoms with Gasteiger partial charge in [0, 0.05) is 0 Å². The van der Waals surface area contributed by atoms with E-state index in [0.29, 0.717) is 12.0 Å². The van der Waals surface area contributed by atoms with E-state index in [-0.39, 0.29) is 11.5 Å². The van der Waals surface area contributed by atoms with Crippen molar-refractivity contribution >= 4 is 20.5 Å². The Bertz CT molecular complexity index is 675. The van der Waals surface area contributed by atoms with Gasteiger partial charge in [0.1, 0.15) is 0 Å². The average Bonchev–Trinajstić information content (AvgIpc) is 2.36. The molecule has 0 aromatic heterocycles. The lowest BCUT2D eigenvalue weighted by Crippen LogP contribution is -2.02. The third kappa shape index (κ3) is 9.10. The molecule has 0 amide bonds. The Hall–Kier alpha value is -1.52. The molecule has 1 aromatic carbocycles. The molecule has 118 valence electrons. The molecule has 0 atom stereocenters. The van der Waals surface area contributed by atoms with Gasteiger partial charge in [0.2, 0.25) is 0 Å². The molecular formula is C12H16O7S2. The van der Waals surface area contributed by atoms with Gasteiger partial charge in [-0.2, -0.15) is 16.8 Å². The number of hydrogen-bond acceptors (Lipinski definition) is 5. The van der Waals surface area contributed by atoms with Crippen LogP contribution in [0.25, 0.3) is 0 Å². The Labute approximate surface area is 124 Å². The maximum atomic E-state index is 10.8. The van der Waals surface area contributed by atoms with Crippen LogP contribution in [0.3, 0.4) is 0 Å². The Morgan fingerprint density at radius 3 is 2.00 bits per heavy atom. The topological polar surface area (TPSA) is 118 Å². The first-order chi connectivity index (χ1) is 9.61. The van der Waals surface area contributed by atoms with Crippen molar-refractivity contribution in [2.45, 2.75) is 11.3 Å². The van der Waals surface area contributed by atoms with Gasteiger partial charge >= 0.3 is 10.4 Å². The number of allylic oxidation sites excluding steroid dienone is 1. The van der Waals surface area contributed by atoms with Crippen LogP contribution in [0.1, 0.15) is 5.56 Å². The molecule has 2 N–H and O–H groups in total. The van der Waals surface area contributed by atoms with E-state index in [0.717, 1.165) is 0 Å². The number of rotatable bonds is 6. The average molecular weight is 336 g/mol. The summed E-state index contributed by atoms with van der Waals surface area (Å²) >= 11 is 0. The zero-order valence-corrected chi connectivity index (χ0v) is 12.7. The fourth-order valence-electron chi connectivity index (χ4n) is 1.21. The molecule has 9 heteroatoms. The molecule has 21 heavy (non-hydrogen) atoms. The van der Waals surface area contributed by atoms with Gasteiger partial charge in [-0.05, 0) is 18.1 Å². The molecule has 0 radical (unpaired) electrons. The van der Waals surface area contributed by atoms with Gasteiger partial charge in [-0.3, -0.25) is 9.11 Å². The minimum absolute atomic E-state index is 0.0464. The monoisotopic (exact) mass is 336 g/mol. The lowest BCUT2D eigenvalue weighted by molar-refractivity contribution is 0.296. The first-order valence-electron chi connectivity index (χ1n) is 5.51. The molecule has 7 nitrogen and oxygen atoms in total. The van der Waals surface area contributed by atoms with Crippen LogP contribution in [-0.4, -0.2) is 32.5 Å². The van der Waals surface area contributed by atoms with Crippen molar-refractivity contribution in [2.24, 2.45) is 0 Å². The van der Waals surface area contributed by atoms with Crippen LogP contribution in [0.4, 0.5) is 0 Å². The Morgan fingerprint density at radius 2 is 1.62 bits per heavy atom. The summed E-state index contributed by atoms with van der Waals surface area (Å²) < 4.78 is 61.5. The molecule has 0 heterocycles. The van der Waals surface area contributed by atoms with Gasteiger partial charge in [0.25, 0.3) is 10.1 Å². The zero-order chi connectivity index (χ0) is 16.5. The Balaban J connectivity index is 0.000000433. The summed E-state index contributed by atoms with van der Waals surface area (Å²) in [5.41, 5.74) is 0.556. The number of benzene rings is 1. The minimum Gasteiger partial charge on any atom is -0.282 e. The van der Waals surface area contributed by atoms with Crippen molar-refractivity contribution in [3.05, 3.63) is 55.1 Å². The van der Waals surface area contributed by atoms with Crippen molar-refractivity contribution in [1.29, 1.82) is 0 Å². The quantitative estimate of drug-likeness (QED) is 0.599. The Kier molecular flexibility index (Phi) is 8.07. The largest absolute Gasteiger partial charge is 0.397 e. The maximum Gasteiger partial charge on any atom is 0.397 e. The fraction of sp³-hybridized carbons (Fsp3) is 0.167. The molecule has 0 fully saturated rings. The second-order valence-electron chi connectivity index (χ2n) is 3.58. The molecule has 0 aliphatic heterocycles. The molecule has 0 spiro atoms. The normalized spacial score (nSPS) is 11.1. The molecule has 1 rings (SSSR count). The van der Waals surface area contributed by atoms with Crippen LogP contribution in [0, 0.1) is 0 Å². The summed E-state index contributed by atoms with van der Waals surface area (Å²) in [6.45, 7) is 6.47. The standard InChI is InChI=1S/C9H10O3S.C3H6O4S/c1-2-5-8-6-3-4-7-9(8)13(10,11)12;1-2-3-7-8(4,5)6/h2-4,6-7H,1,5H2,(H,10,11,12);2H,1,3H2,(H,4,5,6). The van der Waals surface area contributed by atoms with E-state index in [4.69, 9.17) is 9.11 Å². The SMILES string of the molecule is C=CCOS(=O)(=O)O.C=CCc1ccccc1S(=O)(=O)O. The third-order valence-electron chi connectivity index (χ3n) is 1.95. The summed E-state index contributed by atoms with van der Waals surface area (Å²) in [5.74, 6) is 0. The van der Waals surface area contributed by atoms with Gasteiger partial charge in [-0.15, -0.1) is 13.2 Å². The molecule has 0 bridgehead atoms. The van der Waals surface area contributed by atoms with Crippen LogP contribution in [0.15, 0.2) is 54.5 Å². The minimum atomic E-state index is -4.26. The lowest BCUT2D eigenvalue weighted by atomic mass is 10.1. The summed E-state index contributed by atoms with van der Waals surface area (Å²) in [6, 6.07) is 6.29. The molecular weight excluding hydrogens is 320 g/mol. The summed E-state index contributed by atoms with van der Waals surface area (Å²) in [4.78, 5) is -0.0464. The van der Waals surface area contributed by atoms with E-state index in [9.17, 15) is 16.8 Å². The van der Waals surface area contributed by atoms with Gasteiger partial charge in [-0.1, -0.05) is 30.4 Å². The highest BCUT2D eigenvalue weighted by Gasteiger charge is 2.12. The van der Waals surface area contributed by atoms with Crippen LogP contribution >= 0.6 is 0 Å². The van der Waals surface area contributed by atoms with E-state index < -0.39 is 20.5 Å². The second-order valence-corrected chi connectivity index (χ2v) is 6.06. The first-order valence-corrected chi connectivity index (χ1v) is 8.31. The summed E-state index contributed by atoms with van der Waals surface area (Å²) in [5, 5.41) is 0. The first kappa shape index (κ1) is 19.5.